The van der Waals surface area contributed by atoms with E-state index in [9.17, 15) is 4.79 Å². The molecule has 0 aliphatic heterocycles. The first-order valence-corrected chi connectivity index (χ1v) is 5.90. The molecule has 15 heavy (non-hydrogen) atoms. The molecule has 1 saturated carbocycles. The fraction of sp³-hybridized carbons (Fsp3) is 0.500. The molecule has 1 aliphatic carbocycles. The highest BCUT2D eigenvalue weighted by atomic mass is 16.1. The van der Waals surface area contributed by atoms with E-state index in [1.807, 2.05) is 0 Å². The fourth-order valence-corrected chi connectivity index (χ4v) is 2.75. The Hall–Kier alpha value is -1.11. The summed E-state index contributed by atoms with van der Waals surface area (Å²) in [5.74, 6) is 1.20. The number of benzene rings is 1. The van der Waals surface area contributed by atoms with Crippen LogP contribution in [-0.4, -0.2) is 6.29 Å². The van der Waals surface area contributed by atoms with Crippen LogP contribution in [0.2, 0.25) is 0 Å². The average Bonchev–Trinajstić information content (AvgIpc) is 2.31. The number of rotatable bonds is 3. The molecule has 1 fully saturated rings. The van der Waals surface area contributed by atoms with Crippen molar-refractivity contribution in [3.05, 3.63) is 35.9 Å². The lowest BCUT2D eigenvalue weighted by atomic mass is 9.74. The number of aldehydes is 1. The molecule has 1 heteroatoms. The quantitative estimate of drug-likeness (QED) is 0.685. The number of hydrogen-bond acceptors (Lipinski definition) is 1. The van der Waals surface area contributed by atoms with Crippen LogP contribution in [0.4, 0.5) is 0 Å². The van der Waals surface area contributed by atoms with Gasteiger partial charge in [-0.2, -0.15) is 0 Å². The van der Waals surface area contributed by atoms with E-state index in [1.165, 1.54) is 31.2 Å². The Morgan fingerprint density at radius 2 is 1.87 bits per heavy atom. The highest BCUT2D eigenvalue weighted by molar-refractivity contribution is 5.50. The van der Waals surface area contributed by atoms with Crippen molar-refractivity contribution >= 4 is 6.29 Å². The maximum Gasteiger partial charge on any atom is 0.120 e. The maximum absolute atomic E-state index is 10.6. The first-order chi connectivity index (χ1) is 7.42. The van der Waals surface area contributed by atoms with Crippen LogP contribution in [0.15, 0.2) is 30.3 Å². The van der Waals surface area contributed by atoms with Crippen LogP contribution < -0.4 is 0 Å². The normalized spacial score (nSPS) is 26.1. The van der Waals surface area contributed by atoms with Gasteiger partial charge in [0.15, 0.2) is 0 Å². The molecule has 1 aromatic rings. The van der Waals surface area contributed by atoms with Gasteiger partial charge in [0.2, 0.25) is 0 Å². The minimum absolute atomic E-state index is 0.582. The van der Waals surface area contributed by atoms with Crippen molar-refractivity contribution in [2.24, 2.45) is 5.92 Å². The molecule has 1 aliphatic rings. The number of hydrogen-bond donors (Lipinski definition) is 0. The van der Waals surface area contributed by atoms with Gasteiger partial charge in [0.1, 0.15) is 6.29 Å². The third-order valence-electron chi connectivity index (χ3n) is 3.54. The van der Waals surface area contributed by atoms with Crippen LogP contribution in [0.5, 0.6) is 0 Å². The highest BCUT2D eigenvalue weighted by Crippen LogP contribution is 2.38. The molecule has 0 spiro atoms. The maximum atomic E-state index is 10.6. The van der Waals surface area contributed by atoms with Crippen molar-refractivity contribution in [1.29, 1.82) is 0 Å². The molecule has 0 bridgehead atoms. The van der Waals surface area contributed by atoms with Crippen molar-refractivity contribution in [3.8, 4) is 0 Å². The smallest absolute Gasteiger partial charge is 0.120 e. The summed E-state index contributed by atoms with van der Waals surface area (Å²) in [6.07, 6.45) is 6.91. The van der Waals surface area contributed by atoms with E-state index in [0.29, 0.717) is 11.8 Å². The van der Waals surface area contributed by atoms with E-state index >= 15 is 0 Å². The molecule has 0 radical (unpaired) electrons. The van der Waals surface area contributed by atoms with E-state index in [1.54, 1.807) is 0 Å². The zero-order valence-electron chi connectivity index (χ0n) is 9.06. The molecule has 0 N–H and O–H groups in total. The van der Waals surface area contributed by atoms with Gasteiger partial charge in [-0.05, 0) is 30.2 Å². The molecule has 0 aromatic heterocycles. The molecular formula is C14H18O. The summed E-state index contributed by atoms with van der Waals surface area (Å²) in [5.41, 5.74) is 1.42. The van der Waals surface area contributed by atoms with Crippen LogP contribution in [0, 0.1) is 5.92 Å². The van der Waals surface area contributed by atoms with Gasteiger partial charge in [-0.3, -0.25) is 0 Å². The van der Waals surface area contributed by atoms with Crippen LogP contribution in [0.3, 0.4) is 0 Å². The van der Waals surface area contributed by atoms with Crippen molar-refractivity contribution in [2.75, 3.05) is 0 Å². The highest BCUT2D eigenvalue weighted by Gasteiger charge is 2.25. The van der Waals surface area contributed by atoms with Crippen molar-refractivity contribution in [1.82, 2.24) is 0 Å². The molecule has 0 amide bonds. The van der Waals surface area contributed by atoms with Crippen LogP contribution in [0.1, 0.15) is 43.6 Å². The molecule has 2 atom stereocenters. The minimum Gasteiger partial charge on any atom is -0.303 e. The summed E-state index contributed by atoms with van der Waals surface area (Å²) >= 11 is 0. The third kappa shape index (κ3) is 2.47. The molecule has 2 unspecified atom stereocenters. The summed E-state index contributed by atoms with van der Waals surface area (Å²) in [7, 11) is 0. The second-order valence-corrected chi connectivity index (χ2v) is 4.46. The summed E-state index contributed by atoms with van der Waals surface area (Å²) in [5, 5.41) is 0. The fourth-order valence-electron chi connectivity index (χ4n) is 2.75. The summed E-state index contributed by atoms with van der Waals surface area (Å²) in [6.45, 7) is 0. The Morgan fingerprint density at radius 1 is 1.13 bits per heavy atom. The SMILES string of the molecule is O=CCC1CCCCC1c1ccccc1. The van der Waals surface area contributed by atoms with Gasteiger partial charge in [-0.15, -0.1) is 0 Å². The molecule has 80 valence electrons. The van der Waals surface area contributed by atoms with Crippen LogP contribution in [0.25, 0.3) is 0 Å². The Balaban J connectivity index is 2.14. The molecule has 0 saturated heterocycles. The minimum atomic E-state index is 0.582. The summed E-state index contributed by atoms with van der Waals surface area (Å²) < 4.78 is 0. The largest absolute Gasteiger partial charge is 0.303 e. The van der Waals surface area contributed by atoms with E-state index in [4.69, 9.17) is 0 Å². The second-order valence-electron chi connectivity index (χ2n) is 4.46. The van der Waals surface area contributed by atoms with Gasteiger partial charge in [-0.25, -0.2) is 0 Å². The Kier molecular flexibility index (Phi) is 3.54. The Labute approximate surface area is 91.5 Å². The summed E-state index contributed by atoms with van der Waals surface area (Å²) in [4.78, 5) is 10.6. The zero-order chi connectivity index (χ0) is 10.5. The number of carbonyl (C=O) groups is 1. The molecule has 1 aromatic carbocycles. The van der Waals surface area contributed by atoms with Gasteiger partial charge < -0.3 is 4.79 Å². The first-order valence-electron chi connectivity index (χ1n) is 5.90. The molecule has 1 nitrogen and oxygen atoms in total. The second kappa shape index (κ2) is 5.11. The van der Waals surface area contributed by atoms with E-state index < -0.39 is 0 Å². The first kappa shape index (κ1) is 10.4. The lowest BCUT2D eigenvalue weighted by Crippen LogP contribution is -2.18. The molecule has 0 heterocycles. The molecule has 2 rings (SSSR count). The Bertz CT molecular complexity index is 304. The predicted octanol–water partition coefficient (Wildman–Crippen LogP) is 3.55. The van der Waals surface area contributed by atoms with Crippen molar-refractivity contribution in [2.45, 2.75) is 38.0 Å². The lowest BCUT2D eigenvalue weighted by molar-refractivity contribution is -0.108. The summed E-state index contributed by atoms with van der Waals surface area (Å²) in [6, 6.07) is 10.7. The van der Waals surface area contributed by atoms with Crippen molar-refractivity contribution in [3.63, 3.8) is 0 Å². The van der Waals surface area contributed by atoms with Gasteiger partial charge in [0, 0.05) is 6.42 Å². The average molecular weight is 202 g/mol. The van der Waals surface area contributed by atoms with Gasteiger partial charge in [-0.1, -0.05) is 43.2 Å². The van der Waals surface area contributed by atoms with E-state index in [0.717, 1.165) is 12.7 Å². The van der Waals surface area contributed by atoms with Crippen molar-refractivity contribution < 1.29 is 4.79 Å². The standard InChI is InChI=1S/C14H18O/c15-11-10-13-8-4-5-9-14(13)12-6-2-1-3-7-12/h1-3,6-7,11,13-14H,4-5,8-10H2. The zero-order valence-corrected chi connectivity index (χ0v) is 9.06. The van der Waals surface area contributed by atoms with Crippen LogP contribution in [-0.2, 0) is 4.79 Å². The predicted molar refractivity (Wildman–Crippen MR) is 61.8 cm³/mol. The third-order valence-corrected chi connectivity index (χ3v) is 3.54. The van der Waals surface area contributed by atoms with Gasteiger partial charge in [0.25, 0.3) is 0 Å². The monoisotopic (exact) mass is 202 g/mol. The lowest BCUT2D eigenvalue weighted by Gasteiger charge is -2.30. The molecular weight excluding hydrogens is 184 g/mol. The van der Waals surface area contributed by atoms with E-state index in [2.05, 4.69) is 30.3 Å². The van der Waals surface area contributed by atoms with E-state index in [-0.39, 0.29) is 0 Å². The van der Waals surface area contributed by atoms with Gasteiger partial charge >= 0.3 is 0 Å². The number of carbonyl (C=O) groups excluding carboxylic acids is 1. The topological polar surface area (TPSA) is 17.1 Å². The van der Waals surface area contributed by atoms with Gasteiger partial charge in [0.05, 0.1) is 0 Å². The Morgan fingerprint density at radius 3 is 2.60 bits per heavy atom. The van der Waals surface area contributed by atoms with Crippen LogP contribution >= 0.6 is 0 Å².